The average molecular weight is 192 g/mol. The van der Waals surface area contributed by atoms with Gasteiger partial charge >= 0.3 is 0 Å². The van der Waals surface area contributed by atoms with Crippen LogP contribution in [0.3, 0.4) is 0 Å². The first-order valence-corrected chi connectivity index (χ1v) is 6.43. The van der Waals surface area contributed by atoms with Gasteiger partial charge < -0.3 is 0 Å². The van der Waals surface area contributed by atoms with Crippen LogP contribution in [0.25, 0.3) is 0 Å². The van der Waals surface area contributed by atoms with Crippen molar-refractivity contribution in [1.29, 1.82) is 0 Å². The van der Waals surface area contributed by atoms with E-state index in [1.54, 1.807) is 0 Å². The molecule has 0 amide bonds. The van der Waals surface area contributed by atoms with Crippen LogP contribution in [0, 0.1) is 5.41 Å². The molecule has 0 saturated heterocycles. The maximum atomic E-state index is 2.31. The fraction of sp³-hybridized carbons (Fsp3) is 1.00. The van der Waals surface area contributed by atoms with Crippen molar-refractivity contribution in [2.75, 3.05) is 0 Å². The molecule has 0 rings (SSSR count). The lowest BCUT2D eigenvalue weighted by Crippen LogP contribution is -2.18. The summed E-state index contributed by atoms with van der Waals surface area (Å²) < 4.78 is 0. The van der Waals surface area contributed by atoms with Crippen molar-refractivity contribution in [3.63, 3.8) is 0 Å². The second-order valence-electron chi connectivity index (χ2n) is 4.25. The Morgan fingerprint density at radius 2 is 1.36 bits per heavy atom. The summed E-state index contributed by atoms with van der Waals surface area (Å²) in [6.45, 7) is 13.7. The Hall–Kier alpha value is 0.700. The molecule has 0 nitrogen and oxygen atoms in total. The molecule has 1 unspecified atom stereocenters. The van der Waals surface area contributed by atoms with Crippen LogP contribution in [0.5, 0.6) is 0 Å². The Labute approximate surface area is 79.3 Å². The lowest BCUT2D eigenvalue weighted by atomic mass is 9.93. The third-order valence-electron chi connectivity index (χ3n) is 1.61. The van der Waals surface area contributed by atoms with Gasteiger partial charge in [0.05, 0.1) is 0 Å². The van der Waals surface area contributed by atoms with Crippen molar-refractivity contribution >= 4 is 21.6 Å². The molecule has 0 N–H and O–H groups in total. The lowest BCUT2D eigenvalue weighted by molar-refractivity contribution is 0.412. The molecule has 2 heteroatoms. The number of rotatable bonds is 3. The zero-order valence-electron chi connectivity index (χ0n) is 8.47. The van der Waals surface area contributed by atoms with E-state index in [2.05, 4.69) is 41.5 Å². The van der Waals surface area contributed by atoms with E-state index in [0.717, 1.165) is 10.5 Å². The third-order valence-corrected chi connectivity index (χ3v) is 5.46. The fourth-order valence-electron chi connectivity index (χ4n) is 0.339. The smallest absolute Gasteiger partial charge is 0.0171 e. The van der Waals surface area contributed by atoms with Crippen LogP contribution in [0.4, 0.5) is 0 Å². The van der Waals surface area contributed by atoms with Gasteiger partial charge in [0.2, 0.25) is 0 Å². The predicted molar refractivity (Wildman–Crippen MR) is 59.2 cm³/mol. The first-order chi connectivity index (χ1) is 4.84. The molecule has 0 aromatic heterocycles. The van der Waals surface area contributed by atoms with Crippen molar-refractivity contribution in [3.05, 3.63) is 0 Å². The predicted octanol–water partition coefficient (Wildman–Crippen LogP) is 4.21. The van der Waals surface area contributed by atoms with Gasteiger partial charge in [-0.2, -0.15) is 0 Å². The van der Waals surface area contributed by atoms with E-state index in [1.807, 2.05) is 21.6 Å². The Morgan fingerprint density at radius 3 is 1.64 bits per heavy atom. The molecule has 0 aliphatic carbocycles. The van der Waals surface area contributed by atoms with E-state index >= 15 is 0 Å². The van der Waals surface area contributed by atoms with Crippen LogP contribution in [0.15, 0.2) is 0 Å². The molecule has 0 spiro atoms. The minimum absolute atomic E-state index is 0.437. The fourth-order valence-corrected chi connectivity index (χ4v) is 3.05. The van der Waals surface area contributed by atoms with Crippen LogP contribution in [-0.2, 0) is 0 Å². The highest BCUT2D eigenvalue weighted by molar-refractivity contribution is 8.77. The summed E-state index contributed by atoms with van der Waals surface area (Å²) in [5.74, 6) is 0. The molecule has 0 aliphatic heterocycles. The highest BCUT2D eigenvalue weighted by atomic mass is 33.1. The van der Waals surface area contributed by atoms with Gasteiger partial charge in [0.25, 0.3) is 0 Å². The number of hydrogen-bond acceptors (Lipinski definition) is 2. The van der Waals surface area contributed by atoms with Crippen LogP contribution in [0.2, 0.25) is 0 Å². The van der Waals surface area contributed by atoms with E-state index in [1.165, 1.54) is 0 Å². The summed E-state index contributed by atoms with van der Waals surface area (Å²) in [5.41, 5.74) is 0.437. The minimum atomic E-state index is 0.437. The van der Waals surface area contributed by atoms with Crippen molar-refractivity contribution < 1.29 is 0 Å². The van der Waals surface area contributed by atoms with E-state index in [-0.39, 0.29) is 0 Å². The van der Waals surface area contributed by atoms with Crippen LogP contribution in [-0.4, -0.2) is 10.5 Å². The minimum Gasteiger partial charge on any atom is -0.0910 e. The highest BCUT2D eigenvalue weighted by Crippen LogP contribution is 2.38. The van der Waals surface area contributed by atoms with Gasteiger partial charge in [0.15, 0.2) is 0 Å². The van der Waals surface area contributed by atoms with Crippen molar-refractivity contribution in [1.82, 2.24) is 0 Å². The van der Waals surface area contributed by atoms with E-state index < -0.39 is 0 Å². The normalized spacial score (nSPS) is 15.5. The second kappa shape index (κ2) is 4.66. The van der Waals surface area contributed by atoms with E-state index in [0.29, 0.717) is 5.41 Å². The maximum Gasteiger partial charge on any atom is 0.0171 e. The Balaban J connectivity index is 3.61. The largest absolute Gasteiger partial charge is 0.0910 e. The van der Waals surface area contributed by atoms with Crippen LogP contribution < -0.4 is 0 Å². The molecule has 0 heterocycles. The number of hydrogen-bond donors (Lipinski definition) is 0. The molecule has 68 valence electrons. The third kappa shape index (κ3) is 5.92. The molecule has 11 heavy (non-hydrogen) atoms. The maximum absolute atomic E-state index is 2.31. The summed E-state index contributed by atoms with van der Waals surface area (Å²) in [6, 6.07) is 0. The summed E-state index contributed by atoms with van der Waals surface area (Å²) in [4.78, 5) is 0. The van der Waals surface area contributed by atoms with Gasteiger partial charge in [-0.15, -0.1) is 0 Å². The SMILES string of the molecule is CC(C)SSC(C)C(C)(C)C. The molecule has 0 aromatic carbocycles. The molecule has 0 aliphatic rings. The van der Waals surface area contributed by atoms with Crippen LogP contribution in [0.1, 0.15) is 41.5 Å². The van der Waals surface area contributed by atoms with Gasteiger partial charge in [0, 0.05) is 10.5 Å². The second-order valence-corrected chi connectivity index (χ2v) is 7.44. The van der Waals surface area contributed by atoms with Crippen molar-refractivity contribution in [2.24, 2.45) is 5.41 Å². The first kappa shape index (κ1) is 11.7. The van der Waals surface area contributed by atoms with E-state index in [4.69, 9.17) is 0 Å². The monoisotopic (exact) mass is 192 g/mol. The molecule has 0 fully saturated rings. The van der Waals surface area contributed by atoms with Gasteiger partial charge in [-0.25, -0.2) is 0 Å². The summed E-state index contributed by atoms with van der Waals surface area (Å²) >= 11 is 0. The topological polar surface area (TPSA) is 0 Å². The highest BCUT2D eigenvalue weighted by Gasteiger charge is 2.20. The van der Waals surface area contributed by atoms with E-state index in [9.17, 15) is 0 Å². The average Bonchev–Trinajstić information content (AvgIpc) is 1.80. The zero-order chi connectivity index (χ0) is 9.07. The van der Waals surface area contributed by atoms with Gasteiger partial charge in [0.1, 0.15) is 0 Å². The first-order valence-electron chi connectivity index (χ1n) is 4.16. The summed E-state index contributed by atoms with van der Waals surface area (Å²) in [7, 11) is 3.99. The van der Waals surface area contributed by atoms with Crippen LogP contribution >= 0.6 is 21.6 Å². The Morgan fingerprint density at radius 1 is 0.909 bits per heavy atom. The van der Waals surface area contributed by atoms with Crippen molar-refractivity contribution in [2.45, 2.75) is 52.0 Å². The Kier molecular flexibility index (Phi) is 4.96. The quantitative estimate of drug-likeness (QED) is 0.614. The van der Waals surface area contributed by atoms with Gasteiger partial charge in [-0.1, -0.05) is 63.1 Å². The molecular formula is C9H20S2. The zero-order valence-corrected chi connectivity index (χ0v) is 10.1. The Bertz CT molecular complexity index is 103. The van der Waals surface area contributed by atoms with Crippen molar-refractivity contribution in [3.8, 4) is 0 Å². The molecule has 0 bridgehead atoms. The molecule has 1 atom stereocenters. The van der Waals surface area contributed by atoms with Gasteiger partial charge in [-0.3, -0.25) is 0 Å². The summed E-state index contributed by atoms with van der Waals surface area (Å²) in [6.07, 6.45) is 0. The van der Waals surface area contributed by atoms with Gasteiger partial charge in [-0.05, 0) is 5.41 Å². The molecule has 0 radical (unpaired) electrons. The standard InChI is InChI=1S/C9H20S2/c1-7(2)10-11-8(3)9(4,5)6/h7-8H,1-6H3. The summed E-state index contributed by atoms with van der Waals surface area (Å²) in [5, 5.41) is 1.47. The molecule has 0 saturated carbocycles. The molecule has 0 aromatic rings. The lowest BCUT2D eigenvalue weighted by Gasteiger charge is -2.26. The molecular weight excluding hydrogens is 172 g/mol.